The number of carboxylic acid groups (broad SMARTS) is 1. The first-order valence-electron chi connectivity index (χ1n) is 5.46. The molecule has 0 aromatic carbocycles. The van der Waals surface area contributed by atoms with Gasteiger partial charge >= 0.3 is 5.97 Å². The van der Waals surface area contributed by atoms with Crippen LogP contribution >= 0.6 is 0 Å². The van der Waals surface area contributed by atoms with E-state index >= 15 is 0 Å². The van der Waals surface area contributed by atoms with Crippen molar-refractivity contribution >= 4 is 5.97 Å². The van der Waals surface area contributed by atoms with Gasteiger partial charge in [0.25, 0.3) is 0 Å². The van der Waals surface area contributed by atoms with Gasteiger partial charge in [0.15, 0.2) is 0 Å². The van der Waals surface area contributed by atoms with Crippen LogP contribution in [0.25, 0.3) is 0 Å². The van der Waals surface area contributed by atoms with Crippen molar-refractivity contribution in [1.82, 2.24) is 15.0 Å². The van der Waals surface area contributed by atoms with Gasteiger partial charge in [-0.1, -0.05) is 5.21 Å². The van der Waals surface area contributed by atoms with Gasteiger partial charge in [0.05, 0.1) is 24.8 Å². The maximum atomic E-state index is 10.4. The summed E-state index contributed by atoms with van der Waals surface area (Å²) in [7, 11) is 0. The first kappa shape index (κ1) is 11.1. The Morgan fingerprint density at radius 1 is 1.69 bits per heavy atom. The second-order valence-corrected chi connectivity index (χ2v) is 3.95. The zero-order chi connectivity index (χ0) is 11.4. The summed E-state index contributed by atoms with van der Waals surface area (Å²) in [6.07, 6.45) is 4.43. The zero-order valence-electron chi connectivity index (χ0n) is 9.00. The third kappa shape index (κ3) is 2.79. The van der Waals surface area contributed by atoms with Gasteiger partial charge in [0.2, 0.25) is 0 Å². The largest absolute Gasteiger partial charge is 0.481 e. The molecular formula is C10H15N3O3. The van der Waals surface area contributed by atoms with E-state index in [0.29, 0.717) is 13.0 Å². The SMILES string of the molecule is O=C(O)CCc1cn(C2CCCOC2)nn1. The Kier molecular flexibility index (Phi) is 3.51. The van der Waals surface area contributed by atoms with E-state index in [-0.39, 0.29) is 12.5 Å². The molecule has 88 valence electrons. The van der Waals surface area contributed by atoms with Crippen LogP contribution in [-0.4, -0.2) is 39.3 Å². The van der Waals surface area contributed by atoms with Crippen molar-refractivity contribution in [3.05, 3.63) is 11.9 Å². The molecule has 1 aromatic rings. The lowest BCUT2D eigenvalue weighted by molar-refractivity contribution is -0.136. The summed E-state index contributed by atoms with van der Waals surface area (Å²) in [4.78, 5) is 10.4. The molecule has 0 saturated carbocycles. The molecule has 1 fully saturated rings. The Balaban J connectivity index is 1.93. The Morgan fingerprint density at radius 2 is 2.56 bits per heavy atom. The highest BCUT2D eigenvalue weighted by Crippen LogP contribution is 2.18. The van der Waals surface area contributed by atoms with Crippen molar-refractivity contribution in [3.63, 3.8) is 0 Å². The number of ether oxygens (including phenoxy) is 1. The van der Waals surface area contributed by atoms with E-state index in [1.165, 1.54) is 0 Å². The topological polar surface area (TPSA) is 77.2 Å². The summed E-state index contributed by atoms with van der Waals surface area (Å²) in [5.41, 5.74) is 0.730. The second kappa shape index (κ2) is 5.07. The van der Waals surface area contributed by atoms with Crippen LogP contribution in [0.15, 0.2) is 6.20 Å². The van der Waals surface area contributed by atoms with E-state index in [2.05, 4.69) is 10.3 Å². The molecule has 1 N–H and O–H groups in total. The number of carboxylic acids is 1. The Bertz CT molecular complexity index is 358. The predicted molar refractivity (Wildman–Crippen MR) is 55.1 cm³/mol. The van der Waals surface area contributed by atoms with E-state index in [0.717, 1.165) is 25.1 Å². The molecule has 0 amide bonds. The molecule has 1 aliphatic rings. The van der Waals surface area contributed by atoms with E-state index in [1.54, 1.807) is 4.68 Å². The van der Waals surface area contributed by atoms with Gasteiger partial charge in [-0.3, -0.25) is 4.79 Å². The number of aromatic nitrogens is 3. The van der Waals surface area contributed by atoms with Crippen LogP contribution in [0.3, 0.4) is 0 Å². The molecule has 2 heterocycles. The van der Waals surface area contributed by atoms with Crippen molar-refractivity contribution in [1.29, 1.82) is 0 Å². The summed E-state index contributed by atoms with van der Waals surface area (Å²) in [6, 6.07) is 0.250. The van der Waals surface area contributed by atoms with Crippen LogP contribution in [0.1, 0.15) is 31.0 Å². The number of aliphatic carboxylic acids is 1. The minimum Gasteiger partial charge on any atom is -0.481 e. The highest BCUT2D eigenvalue weighted by Gasteiger charge is 2.17. The summed E-state index contributed by atoms with van der Waals surface area (Å²) < 4.78 is 7.15. The molecule has 6 nitrogen and oxygen atoms in total. The summed E-state index contributed by atoms with van der Waals surface area (Å²) >= 11 is 0. The molecule has 1 aliphatic heterocycles. The van der Waals surface area contributed by atoms with Crippen LogP contribution in [0.5, 0.6) is 0 Å². The molecule has 1 unspecified atom stereocenters. The predicted octanol–water partition coefficient (Wildman–Crippen LogP) is 0.647. The van der Waals surface area contributed by atoms with Crippen LogP contribution < -0.4 is 0 Å². The number of rotatable bonds is 4. The van der Waals surface area contributed by atoms with Gasteiger partial charge in [0, 0.05) is 19.2 Å². The number of carbonyl (C=O) groups is 1. The van der Waals surface area contributed by atoms with Crippen molar-refractivity contribution in [2.45, 2.75) is 31.7 Å². The highest BCUT2D eigenvalue weighted by molar-refractivity contribution is 5.66. The third-order valence-electron chi connectivity index (χ3n) is 2.66. The molecule has 6 heteroatoms. The fraction of sp³-hybridized carbons (Fsp3) is 0.700. The van der Waals surface area contributed by atoms with Crippen LogP contribution in [0, 0.1) is 0 Å². The lowest BCUT2D eigenvalue weighted by Gasteiger charge is -2.21. The van der Waals surface area contributed by atoms with Gasteiger partial charge in [0.1, 0.15) is 0 Å². The standard InChI is InChI=1S/C10H15N3O3/c14-10(15)4-3-8-6-13(12-11-8)9-2-1-5-16-7-9/h6,9H,1-5,7H2,(H,14,15). The first-order valence-corrected chi connectivity index (χ1v) is 5.46. The van der Waals surface area contributed by atoms with Crippen LogP contribution in [-0.2, 0) is 16.0 Å². The number of nitrogens with zero attached hydrogens (tertiary/aromatic N) is 3. The third-order valence-corrected chi connectivity index (χ3v) is 2.66. The summed E-state index contributed by atoms with van der Waals surface area (Å²) in [6.45, 7) is 1.48. The smallest absolute Gasteiger partial charge is 0.303 e. The molecule has 0 spiro atoms. The molecule has 0 bridgehead atoms. The lowest BCUT2D eigenvalue weighted by atomic mass is 10.1. The fourth-order valence-electron chi connectivity index (χ4n) is 1.77. The van der Waals surface area contributed by atoms with Gasteiger partial charge < -0.3 is 9.84 Å². The van der Waals surface area contributed by atoms with Crippen molar-refractivity contribution in [2.75, 3.05) is 13.2 Å². The summed E-state index contributed by atoms with van der Waals surface area (Å²) in [5.74, 6) is -0.810. The second-order valence-electron chi connectivity index (χ2n) is 3.95. The minimum absolute atomic E-state index is 0.0971. The number of hydrogen-bond donors (Lipinski definition) is 1. The van der Waals surface area contributed by atoms with E-state index in [4.69, 9.17) is 9.84 Å². The fourth-order valence-corrected chi connectivity index (χ4v) is 1.77. The minimum atomic E-state index is -0.810. The summed E-state index contributed by atoms with van der Waals surface area (Å²) in [5, 5.41) is 16.5. The van der Waals surface area contributed by atoms with Gasteiger partial charge in [-0.15, -0.1) is 5.10 Å². The molecule has 1 saturated heterocycles. The Labute approximate surface area is 93.2 Å². The maximum absolute atomic E-state index is 10.4. The van der Waals surface area contributed by atoms with Crippen molar-refractivity contribution < 1.29 is 14.6 Å². The van der Waals surface area contributed by atoms with Gasteiger partial charge in [-0.25, -0.2) is 4.68 Å². The van der Waals surface area contributed by atoms with Gasteiger partial charge in [-0.05, 0) is 12.8 Å². The molecule has 0 aliphatic carbocycles. The quantitative estimate of drug-likeness (QED) is 0.814. The van der Waals surface area contributed by atoms with Crippen LogP contribution in [0.4, 0.5) is 0 Å². The monoisotopic (exact) mass is 225 g/mol. The average molecular weight is 225 g/mol. The number of aryl methyl sites for hydroxylation is 1. The zero-order valence-corrected chi connectivity index (χ0v) is 9.00. The molecule has 1 atom stereocenters. The first-order chi connectivity index (χ1) is 7.75. The normalized spacial score (nSPS) is 20.9. The molecular weight excluding hydrogens is 210 g/mol. The van der Waals surface area contributed by atoms with Crippen molar-refractivity contribution in [3.8, 4) is 0 Å². The van der Waals surface area contributed by atoms with E-state index in [1.807, 2.05) is 6.20 Å². The lowest BCUT2D eigenvalue weighted by Crippen LogP contribution is -2.21. The van der Waals surface area contributed by atoms with E-state index < -0.39 is 5.97 Å². The average Bonchev–Trinajstić information content (AvgIpc) is 2.76. The molecule has 1 aromatic heterocycles. The number of hydrogen-bond acceptors (Lipinski definition) is 4. The Hall–Kier alpha value is -1.43. The molecule has 0 radical (unpaired) electrons. The molecule has 16 heavy (non-hydrogen) atoms. The van der Waals surface area contributed by atoms with Gasteiger partial charge in [-0.2, -0.15) is 0 Å². The van der Waals surface area contributed by atoms with Crippen LogP contribution in [0.2, 0.25) is 0 Å². The van der Waals surface area contributed by atoms with E-state index in [9.17, 15) is 4.79 Å². The Morgan fingerprint density at radius 3 is 3.25 bits per heavy atom. The molecule has 2 rings (SSSR count). The highest BCUT2D eigenvalue weighted by atomic mass is 16.5. The maximum Gasteiger partial charge on any atom is 0.303 e. The van der Waals surface area contributed by atoms with Crippen molar-refractivity contribution in [2.24, 2.45) is 0 Å².